The van der Waals surface area contributed by atoms with Gasteiger partial charge in [0.1, 0.15) is 41.4 Å². The molecule has 13 nitrogen and oxygen atoms in total. The van der Waals surface area contributed by atoms with Gasteiger partial charge in [-0.2, -0.15) is 0 Å². The van der Waals surface area contributed by atoms with E-state index in [0.29, 0.717) is 35.5 Å². The first-order valence-corrected chi connectivity index (χ1v) is 20.6. The molecule has 4 aromatic heterocycles. The highest BCUT2D eigenvalue weighted by molar-refractivity contribution is 5.86. The smallest absolute Gasteiger partial charge is 0.325 e. The molecule has 4 heterocycles. The van der Waals surface area contributed by atoms with Crippen molar-refractivity contribution in [3.63, 3.8) is 0 Å². The first-order chi connectivity index (χ1) is 30.4. The summed E-state index contributed by atoms with van der Waals surface area (Å²) in [6.45, 7) is 5.33. The minimum Gasteiger partial charge on any atom is -0.484 e. The second-order valence-electron chi connectivity index (χ2n) is 15.6. The van der Waals surface area contributed by atoms with Crippen molar-refractivity contribution in [3.05, 3.63) is 150 Å². The Bertz CT molecular complexity index is 2960. The lowest BCUT2D eigenvalue weighted by molar-refractivity contribution is -0.141. The van der Waals surface area contributed by atoms with Crippen LogP contribution in [0.4, 0.5) is 16.0 Å². The summed E-state index contributed by atoms with van der Waals surface area (Å²) in [6.07, 6.45) is 4.41. The van der Waals surface area contributed by atoms with Gasteiger partial charge in [0.05, 0.1) is 24.5 Å². The zero-order chi connectivity index (χ0) is 44.2. The number of aromatic nitrogens is 6. The van der Waals surface area contributed by atoms with Crippen molar-refractivity contribution in [1.82, 2.24) is 34.4 Å². The van der Waals surface area contributed by atoms with Crippen molar-refractivity contribution in [2.75, 3.05) is 30.9 Å². The third-order valence-corrected chi connectivity index (χ3v) is 11.0. The number of halogens is 1. The largest absolute Gasteiger partial charge is 0.484 e. The Labute approximate surface area is 364 Å². The number of carbonyl (C=O) groups excluding carboxylic acids is 2. The van der Waals surface area contributed by atoms with Crippen LogP contribution in [0.5, 0.6) is 5.75 Å². The molecule has 0 aliphatic rings. The molecule has 0 bridgehead atoms. The van der Waals surface area contributed by atoms with Crippen molar-refractivity contribution < 1.29 is 23.5 Å². The number of esters is 1. The van der Waals surface area contributed by atoms with Gasteiger partial charge in [-0.15, -0.1) is 0 Å². The molecule has 2 unspecified atom stereocenters. The van der Waals surface area contributed by atoms with Gasteiger partial charge in [0.2, 0.25) is 0 Å². The van der Waals surface area contributed by atoms with E-state index in [4.69, 9.17) is 24.7 Å². The molecule has 0 spiro atoms. The van der Waals surface area contributed by atoms with Gasteiger partial charge in [-0.3, -0.25) is 9.59 Å². The van der Waals surface area contributed by atoms with Crippen LogP contribution in [0.2, 0.25) is 0 Å². The number of hydrogen-bond donors (Lipinski definition) is 3. The van der Waals surface area contributed by atoms with Gasteiger partial charge < -0.3 is 34.6 Å². The molecule has 0 saturated carbocycles. The molecule has 2 atom stereocenters. The lowest BCUT2D eigenvalue weighted by atomic mass is 9.98. The number of carbonyl (C=O) groups is 2. The highest BCUT2D eigenvalue weighted by atomic mass is 19.1. The number of anilines is 2. The predicted molar refractivity (Wildman–Crippen MR) is 243 cm³/mol. The van der Waals surface area contributed by atoms with Gasteiger partial charge in [-0.05, 0) is 96.8 Å². The number of aryl methyl sites for hydroxylation is 3. The van der Waals surface area contributed by atoms with Gasteiger partial charge >= 0.3 is 5.97 Å². The summed E-state index contributed by atoms with van der Waals surface area (Å²) < 4.78 is 28.6. The molecule has 0 aliphatic heterocycles. The molecular weight excluding hydrogens is 798 g/mol. The molecule has 14 heteroatoms. The van der Waals surface area contributed by atoms with E-state index in [0.717, 1.165) is 61.0 Å². The second-order valence-corrected chi connectivity index (χ2v) is 15.6. The van der Waals surface area contributed by atoms with Gasteiger partial charge in [0.25, 0.3) is 5.91 Å². The molecule has 3 N–H and O–H groups in total. The number of ether oxygens (including phenoxy) is 2. The molecule has 320 valence electrons. The van der Waals surface area contributed by atoms with E-state index in [1.165, 1.54) is 19.2 Å². The average Bonchev–Trinajstić information content (AvgIpc) is 3.85. The van der Waals surface area contributed by atoms with Crippen LogP contribution in [0, 0.1) is 12.7 Å². The summed E-state index contributed by atoms with van der Waals surface area (Å²) in [7, 11) is 5.29. The minimum absolute atomic E-state index is 0.187. The lowest BCUT2D eigenvalue weighted by Gasteiger charge is -2.21. The number of nitrogens with zero attached hydrogens (tertiary/aromatic N) is 6. The Morgan fingerprint density at radius 2 is 1.33 bits per heavy atom. The first-order valence-electron chi connectivity index (χ1n) is 20.6. The molecular formula is C49H48FN9O4. The fraction of sp³-hybridized carbons (Fsp3) is 0.224. The van der Waals surface area contributed by atoms with Gasteiger partial charge in [-0.1, -0.05) is 42.5 Å². The first kappa shape index (κ1) is 42.1. The highest BCUT2D eigenvalue weighted by Crippen LogP contribution is 2.32. The van der Waals surface area contributed by atoms with E-state index in [1.54, 1.807) is 18.2 Å². The summed E-state index contributed by atoms with van der Waals surface area (Å²) in [5, 5.41) is 11.9. The van der Waals surface area contributed by atoms with E-state index < -0.39 is 11.9 Å². The SMILES string of the molecule is COC(=O)CNC(=O)COc1ccc(Cc2nc(NC(C)c3ccc(F)cc3)cc(-c3ccc4ccn(C)c4c3)n2)c(C(C)Nc2cc(-c3ccc4ccn(C)c4c3)nc(C)n2)c1. The molecule has 4 aromatic carbocycles. The summed E-state index contributed by atoms with van der Waals surface area (Å²) in [4.78, 5) is 43.9. The van der Waals surface area contributed by atoms with Crippen LogP contribution >= 0.6 is 0 Å². The van der Waals surface area contributed by atoms with Crippen LogP contribution in [0.25, 0.3) is 44.3 Å². The Morgan fingerprint density at radius 3 is 1.98 bits per heavy atom. The van der Waals surface area contributed by atoms with Crippen LogP contribution in [0.15, 0.2) is 116 Å². The van der Waals surface area contributed by atoms with Gasteiger partial charge in [0, 0.05) is 73.2 Å². The zero-order valence-electron chi connectivity index (χ0n) is 35.9. The van der Waals surface area contributed by atoms with Crippen LogP contribution in [0.1, 0.15) is 54.3 Å². The number of fused-ring (bicyclic) bond motifs is 2. The summed E-state index contributed by atoms with van der Waals surface area (Å²) in [5.74, 6) is 1.54. The molecule has 8 rings (SSSR count). The predicted octanol–water partition coefficient (Wildman–Crippen LogP) is 8.64. The number of methoxy groups -OCH3 is 1. The zero-order valence-corrected chi connectivity index (χ0v) is 35.9. The van der Waals surface area contributed by atoms with Gasteiger partial charge in [-0.25, -0.2) is 24.3 Å². The maximum atomic E-state index is 13.8. The van der Waals surface area contributed by atoms with Crippen molar-refractivity contribution in [1.29, 1.82) is 0 Å². The number of nitrogens with one attached hydrogen (secondary N) is 3. The third kappa shape index (κ3) is 9.81. The quantitative estimate of drug-likeness (QED) is 0.0856. The van der Waals surface area contributed by atoms with Crippen LogP contribution in [-0.2, 0) is 34.8 Å². The maximum Gasteiger partial charge on any atom is 0.325 e. The van der Waals surface area contributed by atoms with Crippen LogP contribution in [-0.4, -0.2) is 61.2 Å². The average molecular weight is 846 g/mol. The highest BCUT2D eigenvalue weighted by Gasteiger charge is 2.19. The van der Waals surface area contributed by atoms with Crippen molar-refractivity contribution in [2.45, 2.75) is 39.3 Å². The molecule has 0 fully saturated rings. The number of hydrogen-bond acceptors (Lipinski definition) is 10. The Balaban J connectivity index is 1.14. The van der Waals surface area contributed by atoms with Crippen molar-refractivity contribution >= 4 is 45.3 Å². The minimum atomic E-state index is -0.561. The summed E-state index contributed by atoms with van der Waals surface area (Å²) in [5.41, 5.74) is 8.26. The number of amides is 1. The third-order valence-electron chi connectivity index (χ3n) is 11.0. The normalized spacial score (nSPS) is 12.2. The maximum absolute atomic E-state index is 13.8. The van der Waals surface area contributed by atoms with Gasteiger partial charge in [0.15, 0.2) is 6.61 Å². The van der Waals surface area contributed by atoms with E-state index >= 15 is 0 Å². The summed E-state index contributed by atoms with van der Waals surface area (Å²) in [6, 6.07) is 32.1. The Hall–Kier alpha value is -7.61. The topological polar surface area (TPSA) is 150 Å². The molecule has 0 radical (unpaired) electrons. The van der Waals surface area contributed by atoms with Crippen LogP contribution in [0.3, 0.4) is 0 Å². The molecule has 63 heavy (non-hydrogen) atoms. The molecule has 8 aromatic rings. The standard InChI is InChI=1S/C49H48FN9O4/c1-29(32-11-14-38(50)15-12-32)52-47-26-42(37-10-8-34-18-20-59(5)44(34)22-37)56-45(57-47)23-35-13-16-39(63-28-48(60)51-27-49(61)62-6)24-40(35)30(2)53-46-25-41(54-31(3)55-46)36-9-7-33-17-19-58(4)43(33)21-36/h7-22,24-26,29-30H,23,27-28H2,1-6H3,(H,51,60)(H,52,56,57)(H,53,54,55). The Morgan fingerprint density at radius 1 is 0.714 bits per heavy atom. The molecule has 0 aliphatic carbocycles. The van der Waals surface area contributed by atoms with Crippen molar-refractivity contribution in [2.24, 2.45) is 14.1 Å². The number of rotatable bonds is 15. The fourth-order valence-electron chi connectivity index (χ4n) is 7.63. The number of benzene rings is 4. The Kier molecular flexibility index (Phi) is 12.1. The summed E-state index contributed by atoms with van der Waals surface area (Å²) >= 11 is 0. The van der Waals surface area contributed by atoms with E-state index in [1.807, 2.05) is 71.5 Å². The van der Waals surface area contributed by atoms with E-state index in [-0.39, 0.29) is 31.1 Å². The lowest BCUT2D eigenvalue weighted by Crippen LogP contribution is -2.33. The van der Waals surface area contributed by atoms with Crippen LogP contribution < -0.4 is 20.7 Å². The monoisotopic (exact) mass is 845 g/mol. The molecule has 0 saturated heterocycles. The molecule has 1 amide bonds. The van der Waals surface area contributed by atoms with Crippen molar-refractivity contribution in [3.8, 4) is 28.3 Å². The van der Waals surface area contributed by atoms with E-state index in [9.17, 15) is 14.0 Å². The fourth-order valence-corrected chi connectivity index (χ4v) is 7.63. The van der Waals surface area contributed by atoms with E-state index in [2.05, 4.69) is 78.4 Å². The second kappa shape index (κ2) is 18.2.